The van der Waals surface area contributed by atoms with Crippen LogP contribution in [0.15, 0.2) is 106 Å². The van der Waals surface area contributed by atoms with Crippen LogP contribution in [0.2, 0.25) is 0 Å². The van der Waals surface area contributed by atoms with Crippen molar-refractivity contribution >= 4 is 62.8 Å². The van der Waals surface area contributed by atoms with Crippen LogP contribution in [0.1, 0.15) is 108 Å². The van der Waals surface area contributed by atoms with Gasteiger partial charge in [0.05, 0.1) is 22.4 Å². The summed E-state index contributed by atoms with van der Waals surface area (Å²) in [5.74, 6) is 0.0417. The van der Waals surface area contributed by atoms with Gasteiger partial charge in [-0.15, -0.1) is 0 Å². The Kier molecular flexibility index (Phi) is 13.2. The number of benzene rings is 4. The minimum Gasteiger partial charge on any atom is -0.399 e. The zero-order chi connectivity index (χ0) is 37.7. The van der Waals surface area contributed by atoms with E-state index in [1.54, 1.807) is 0 Å². The fraction of sp³-hybridized carbons (Fsp3) is 0.419. The zero-order valence-corrected chi connectivity index (χ0v) is 35.1. The number of hydrogen-bond acceptors (Lipinski definition) is 5. The summed E-state index contributed by atoms with van der Waals surface area (Å²) in [5, 5.41) is 0. The summed E-state index contributed by atoms with van der Waals surface area (Å²) >= 11 is 6.69. The molecule has 2 aliphatic rings. The molecule has 0 aliphatic carbocycles. The summed E-state index contributed by atoms with van der Waals surface area (Å²) in [6.07, 6.45) is 7.18. The summed E-state index contributed by atoms with van der Waals surface area (Å²) in [6, 6.07) is 32.3. The average molecular weight is 830 g/mol. The fourth-order valence-electron chi connectivity index (χ4n) is 6.02. The largest absolute Gasteiger partial charge is 0.494 e. The lowest BCUT2D eigenvalue weighted by molar-refractivity contribution is 0.00578. The van der Waals surface area contributed by atoms with Crippen LogP contribution in [0.25, 0.3) is 0 Å². The highest BCUT2D eigenvalue weighted by Gasteiger charge is 2.52. The number of carbonyl (C=O) groups excluding carboxylic acids is 1. The van der Waals surface area contributed by atoms with Crippen LogP contribution < -0.4 is 10.9 Å². The molecule has 274 valence electrons. The van der Waals surface area contributed by atoms with Crippen molar-refractivity contribution in [2.45, 2.75) is 116 Å². The minimum atomic E-state index is -0.300. The van der Waals surface area contributed by atoms with E-state index in [-0.39, 0.29) is 42.4 Å². The van der Waals surface area contributed by atoms with E-state index < -0.39 is 0 Å². The Morgan fingerprint density at radius 3 is 1.04 bits per heavy atom. The molecule has 2 fully saturated rings. The highest BCUT2D eigenvalue weighted by Crippen LogP contribution is 2.37. The van der Waals surface area contributed by atoms with Crippen LogP contribution >= 0.6 is 31.9 Å². The highest BCUT2D eigenvalue weighted by molar-refractivity contribution is 9.10. The van der Waals surface area contributed by atoms with E-state index >= 15 is 0 Å². The van der Waals surface area contributed by atoms with Crippen molar-refractivity contribution in [3.8, 4) is 0 Å². The molecule has 52 heavy (non-hydrogen) atoms. The summed E-state index contributed by atoms with van der Waals surface area (Å²) in [4.78, 5) is 12.0. The molecule has 0 atom stereocenters. The second-order valence-corrected chi connectivity index (χ2v) is 17.7. The molecule has 2 aliphatic heterocycles. The van der Waals surface area contributed by atoms with Crippen LogP contribution in [0.3, 0.4) is 0 Å². The molecule has 4 aromatic carbocycles. The van der Waals surface area contributed by atoms with E-state index in [1.165, 1.54) is 36.8 Å². The maximum absolute atomic E-state index is 12.0. The van der Waals surface area contributed by atoms with Crippen LogP contribution in [-0.2, 0) is 31.5 Å². The Bertz CT molecular complexity index is 1610. The number of aryl methyl sites for hydroxylation is 2. The van der Waals surface area contributed by atoms with Gasteiger partial charge < -0.3 is 18.6 Å². The quantitative estimate of drug-likeness (QED) is 0.0857. The lowest BCUT2D eigenvalue weighted by atomic mass is 9.78. The van der Waals surface area contributed by atoms with Crippen molar-refractivity contribution in [1.29, 1.82) is 0 Å². The second-order valence-electron chi connectivity index (χ2n) is 15.9. The molecule has 2 heterocycles. The monoisotopic (exact) mass is 828 g/mol. The molecular formula is C43H52B2Br2O5. The van der Waals surface area contributed by atoms with Crippen molar-refractivity contribution in [3.63, 3.8) is 0 Å². The maximum Gasteiger partial charge on any atom is 0.494 e. The normalized spacial score (nSPS) is 18.2. The van der Waals surface area contributed by atoms with Gasteiger partial charge in [-0.3, -0.25) is 4.79 Å². The summed E-state index contributed by atoms with van der Waals surface area (Å²) in [5.41, 5.74) is 5.16. The SMILES string of the molecule is CC1(C)OB(c2ccc(CCCCCCc3ccc(B4OC(C)(C)C(C)(C)O4)cc3)cc2)OC1(C)C.O=C(c1ccc(Br)cc1)c1ccc(Br)cc1. The molecule has 0 bridgehead atoms. The maximum atomic E-state index is 12.0. The standard InChI is InChI=1S/C30H44B2O4.C13H8Br2O/c1-27(2)28(3,4)34-31(33-27)25-19-15-23(16-20-25)13-11-9-10-12-14-24-17-21-26(22-18-24)32-35-29(5,6)30(7,8)36-32;14-11-5-1-9(2-6-11)13(16)10-3-7-12(15)8-4-10/h15-22H,9-14H2,1-8H3;1-8H. The highest BCUT2D eigenvalue weighted by atomic mass is 79.9. The van der Waals surface area contributed by atoms with Crippen molar-refractivity contribution < 1.29 is 23.4 Å². The first kappa shape index (κ1) is 40.7. The van der Waals surface area contributed by atoms with Gasteiger partial charge in [0.2, 0.25) is 0 Å². The molecule has 0 spiro atoms. The summed E-state index contributed by atoms with van der Waals surface area (Å²) < 4.78 is 26.6. The van der Waals surface area contributed by atoms with Gasteiger partial charge in [0.15, 0.2) is 5.78 Å². The second kappa shape index (κ2) is 16.9. The Labute approximate surface area is 329 Å². The Hall–Kier alpha value is -2.52. The lowest BCUT2D eigenvalue weighted by Gasteiger charge is -2.32. The van der Waals surface area contributed by atoms with E-state index in [2.05, 4.69) is 136 Å². The van der Waals surface area contributed by atoms with E-state index in [0.29, 0.717) is 11.1 Å². The molecule has 2 saturated heterocycles. The first-order chi connectivity index (χ1) is 24.5. The molecule has 0 radical (unpaired) electrons. The number of ketones is 1. The van der Waals surface area contributed by atoms with E-state index in [1.807, 2.05) is 48.5 Å². The summed E-state index contributed by atoms with van der Waals surface area (Å²) in [7, 11) is -0.565. The molecule has 0 N–H and O–H groups in total. The third-order valence-electron chi connectivity index (χ3n) is 10.9. The molecule has 5 nitrogen and oxygen atoms in total. The van der Waals surface area contributed by atoms with Gasteiger partial charge in [-0.25, -0.2) is 0 Å². The van der Waals surface area contributed by atoms with Gasteiger partial charge in [0.1, 0.15) is 0 Å². The predicted molar refractivity (Wildman–Crippen MR) is 222 cm³/mol. The topological polar surface area (TPSA) is 54.0 Å². The summed E-state index contributed by atoms with van der Waals surface area (Å²) in [6.45, 7) is 16.8. The van der Waals surface area contributed by atoms with E-state index in [9.17, 15) is 4.79 Å². The van der Waals surface area contributed by atoms with Gasteiger partial charge in [0, 0.05) is 20.1 Å². The first-order valence-electron chi connectivity index (χ1n) is 18.4. The van der Waals surface area contributed by atoms with Crippen molar-refractivity contribution in [1.82, 2.24) is 0 Å². The van der Waals surface area contributed by atoms with E-state index in [4.69, 9.17) is 18.6 Å². The number of halogens is 2. The lowest BCUT2D eigenvalue weighted by Crippen LogP contribution is -2.41. The number of carbonyl (C=O) groups is 1. The molecule has 0 unspecified atom stereocenters. The van der Waals surface area contributed by atoms with Crippen molar-refractivity contribution in [3.05, 3.63) is 128 Å². The number of hydrogen-bond donors (Lipinski definition) is 0. The molecule has 0 aromatic heterocycles. The van der Waals surface area contributed by atoms with Gasteiger partial charge in [-0.2, -0.15) is 0 Å². The third-order valence-corrected chi connectivity index (χ3v) is 12.0. The van der Waals surface area contributed by atoms with Crippen LogP contribution in [0.4, 0.5) is 0 Å². The molecule has 4 aromatic rings. The smallest absolute Gasteiger partial charge is 0.399 e. The number of rotatable bonds is 11. The van der Waals surface area contributed by atoms with Crippen LogP contribution in [0.5, 0.6) is 0 Å². The fourth-order valence-corrected chi connectivity index (χ4v) is 6.55. The van der Waals surface area contributed by atoms with Gasteiger partial charge in [-0.1, -0.05) is 93.2 Å². The molecule has 0 saturated carbocycles. The van der Waals surface area contributed by atoms with E-state index in [0.717, 1.165) is 32.7 Å². The number of unbranched alkanes of at least 4 members (excludes halogenated alkanes) is 3. The minimum absolute atomic E-state index is 0.0417. The third kappa shape index (κ3) is 10.2. The molecular weight excluding hydrogens is 778 g/mol. The molecule has 6 rings (SSSR count). The first-order valence-corrected chi connectivity index (χ1v) is 20.0. The Morgan fingerprint density at radius 2 is 0.750 bits per heavy atom. The van der Waals surface area contributed by atoms with Gasteiger partial charge in [0.25, 0.3) is 0 Å². The van der Waals surface area contributed by atoms with Gasteiger partial charge in [-0.05, 0) is 152 Å². The zero-order valence-electron chi connectivity index (χ0n) is 31.9. The van der Waals surface area contributed by atoms with Crippen LogP contribution in [-0.4, -0.2) is 42.4 Å². The average Bonchev–Trinajstić information content (AvgIpc) is 3.46. The predicted octanol–water partition coefficient (Wildman–Crippen LogP) is 10.1. The Balaban J connectivity index is 0.000000272. The van der Waals surface area contributed by atoms with Crippen molar-refractivity contribution in [2.24, 2.45) is 0 Å². The Morgan fingerprint density at radius 1 is 0.462 bits per heavy atom. The molecule has 9 heteroatoms. The molecule has 0 amide bonds. The van der Waals surface area contributed by atoms with Crippen LogP contribution in [0, 0.1) is 0 Å². The van der Waals surface area contributed by atoms with Gasteiger partial charge >= 0.3 is 14.2 Å². The van der Waals surface area contributed by atoms with Crippen molar-refractivity contribution in [2.75, 3.05) is 0 Å².